The summed E-state index contributed by atoms with van der Waals surface area (Å²) >= 11 is 0. The molecular weight excluding hydrogens is 194 g/mol. The molecule has 1 N–H and O–H groups in total. The molecular formula is C15H23N. The third-order valence-electron chi connectivity index (χ3n) is 3.86. The second-order valence-corrected chi connectivity index (χ2v) is 5.38. The predicted octanol–water partition coefficient (Wildman–Crippen LogP) is 3.24. The van der Waals surface area contributed by atoms with Crippen LogP contribution in [0.4, 0.5) is 0 Å². The lowest BCUT2D eigenvalue weighted by Gasteiger charge is -2.16. The highest BCUT2D eigenvalue weighted by Crippen LogP contribution is 2.47. The molecule has 0 atom stereocenters. The van der Waals surface area contributed by atoms with Crippen molar-refractivity contribution in [1.29, 1.82) is 0 Å². The summed E-state index contributed by atoms with van der Waals surface area (Å²) in [4.78, 5) is 0. The Morgan fingerprint density at radius 1 is 1.19 bits per heavy atom. The third kappa shape index (κ3) is 2.65. The molecule has 0 heterocycles. The molecule has 0 aromatic heterocycles. The van der Waals surface area contributed by atoms with E-state index < -0.39 is 0 Å². The van der Waals surface area contributed by atoms with Gasteiger partial charge in [0.15, 0.2) is 0 Å². The van der Waals surface area contributed by atoms with Gasteiger partial charge in [0.05, 0.1) is 0 Å². The molecule has 0 spiro atoms. The van der Waals surface area contributed by atoms with E-state index >= 15 is 0 Å². The number of hydrogen-bond donors (Lipinski definition) is 1. The van der Waals surface area contributed by atoms with Gasteiger partial charge in [0.2, 0.25) is 0 Å². The van der Waals surface area contributed by atoms with Crippen molar-refractivity contribution in [2.75, 3.05) is 13.1 Å². The van der Waals surface area contributed by atoms with Gasteiger partial charge in [0.25, 0.3) is 0 Å². The van der Waals surface area contributed by atoms with Gasteiger partial charge < -0.3 is 5.32 Å². The van der Waals surface area contributed by atoms with E-state index in [1.165, 1.54) is 42.5 Å². The Bertz CT molecular complexity index is 364. The average Bonchev–Trinajstić information content (AvgIpc) is 3.01. The topological polar surface area (TPSA) is 12.0 Å². The van der Waals surface area contributed by atoms with Crippen LogP contribution in [-0.2, 0) is 6.42 Å². The lowest BCUT2D eigenvalue weighted by atomic mass is 9.94. The zero-order valence-electron chi connectivity index (χ0n) is 10.8. The van der Waals surface area contributed by atoms with Crippen LogP contribution in [0.2, 0.25) is 0 Å². The van der Waals surface area contributed by atoms with Gasteiger partial charge in [0, 0.05) is 6.54 Å². The largest absolute Gasteiger partial charge is 0.316 e. The van der Waals surface area contributed by atoms with Crippen molar-refractivity contribution in [3.05, 3.63) is 34.9 Å². The van der Waals surface area contributed by atoms with Gasteiger partial charge >= 0.3 is 0 Å². The molecule has 0 aliphatic heterocycles. The molecule has 1 aliphatic rings. The second kappa shape index (κ2) is 4.58. The number of rotatable bonds is 5. The normalized spacial score (nSPS) is 17.4. The van der Waals surface area contributed by atoms with Gasteiger partial charge in [-0.2, -0.15) is 0 Å². The highest BCUT2D eigenvalue weighted by Gasteiger charge is 2.41. The molecule has 1 nitrogen and oxygen atoms in total. The first-order chi connectivity index (χ1) is 7.65. The summed E-state index contributed by atoms with van der Waals surface area (Å²) in [5.74, 6) is 0. The van der Waals surface area contributed by atoms with Crippen molar-refractivity contribution in [2.45, 2.75) is 40.0 Å². The van der Waals surface area contributed by atoms with Crippen molar-refractivity contribution in [1.82, 2.24) is 5.32 Å². The summed E-state index contributed by atoms with van der Waals surface area (Å²) in [6.07, 6.45) is 4.04. The van der Waals surface area contributed by atoms with Crippen molar-refractivity contribution in [2.24, 2.45) is 5.41 Å². The van der Waals surface area contributed by atoms with Crippen LogP contribution in [0.15, 0.2) is 18.2 Å². The fourth-order valence-corrected chi connectivity index (χ4v) is 2.33. The van der Waals surface area contributed by atoms with E-state index in [9.17, 15) is 0 Å². The summed E-state index contributed by atoms with van der Waals surface area (Å²) < 4.78 is 0. The Morgan fingerprint density at radius 2 is 1.94 bits per heavy atom. The van der Waals surface area contributed by atoms with Crippen molar-refractivity contribution < 1.29 is 0 Å². The van der Waals surface area contributed by atoms with E-state index in [1.807, 2.05) is 0 Å². The van der Waals surface area contributed by atoms with Gasteiger partial charge in [-0.25, -0.2) is 0 Å². The van der Waals surface area contributed by atoms with Crippen LogP contribution < -0.4 is 5.32 Å². The molecule has 0 unspecified atom stereocenters. The molecule has 1 fully saturated rings. The Kier molecular flexibility index (Phi) is 3.34. The summed E-state index contributed by atoms with van der Waals surface area (Å²) in [7, 11) is 0. The average molecular weight is 217 g/mol. The van der Waals surface area contributed by atoms with Crippen molar-refractivity contribution in [3.8, 4) is 0 Å². The van der Waals surface area contributed by atoms with E-state index in [1.54, 1.807) is 0 Å². The SMILES string of the molecule is CCNCC1(Cc2ccc(C)c(C)c2)CC1. The van der Waals surface area contributed by atoms with E-state index in [4.69, 9.17) is 0 Å². The molecule has 16 heavy (non-hydrogen) atoms. The summed E-state index contributed by atoms with van der Waals surface area (Å²) in [5.41, 5.74) is 4.92. The van der Waals surface area contributed by atoms with Crippen LogP contribution in [0.3, 0.4) is 0 Å². The minimum absolute atomic E-state index is 0.581. The molecule has 1 aromatic carbocycles. The second-order valence-electron chi connectivity index (χ2n) is 5.38. The van der Waals surface area contributed by atoms with E-state index in [2.05, 4.69) is 44.3 Å². The van der Waals surface area contributed by atoms with Crippen LogP contribution in [0.1, 0.15) is 36.5 Å². The number of aryl methyl sites for hydroxylation is 2. The first kappa shape index (κ1) is 11.7. The van der Waals surface area contributed by atoms with E-state index in [-0.39, 0.29) is 0 Å². The Balaban J connectivity index is 2.01. The van der Waals surface area contributed by atoms with Crippen LogP contribution in [-0.4, -0.2) is 13.1 Å². The molecule has 0 amide bonds. The number of nitrogens with one attached hydrogen (secondary N) is 1. The maximum Gasteiger partial charge on any atom is 0.00109 e. The quantitative estimate of drug-likeness (QED) is 0.798. The molecule has 1 saturated carbocycles. The fraction of sp³-hybridized carbons (Fsp3) is 0.600. The predicted molar refractivity (Wildman–Crippen MR) is 69.8 cm³/mol. The maximum absolute atomic E-state index is 3.50. The molecule has 0 saturated heterocycles. The molecule has 1 aromatic rings. The Labute approximate surface area is 99.3 Å². The minimum Gasteiger partial charge on any atom is -0.316 e. The summed E-state index contributed by atoms with van der Waals surface area (Å²) in [5, 5.41) is 3.50. The first-order valence-corrected chi connectivity index (χ1v) is 6.42. The van der Waals surface area contributed by atoms with Crippen LogP contribution in [0.25, 0.3) is 0 Å². The smallest absolute Gasteiger partial charge is 0.00109 e. The van der Waals surface area contributed by atoms with Crippen LogP contribution in [0.5, 0.6) is 0 Å². The lowest BCUT2D eigenvalue weighted by molar-refractivity contribution is 0.463. The van der Waals surface area contributed by atoms with Crippen LogP contribution >= 0.6 is 0 Å². The third-order valence-corrected chi connectivity index (χ3v) is 3.86. The minimum atomic E-state index is 0.581. The monoisotopic (exact) mass is 217 g/mol. The zero-order chi connectivity index (χ0) is 11.6. The molecule has 0 bridgehead atoms. The van der Waals surface area contributed by atoms with Crippen molar-refractivity contribution >= 4 is 0 Å². The van der Waals surface area contributed by atoms with Gasteiger partial charge in [-0.1, -0.05) is 25.1 Å². The summed E-state index contributed by atoms with van der Waals surface area (Å²) in [6.45, 7) is 8.87. The first-order valence-electron chi connectivity index (χ1n) is 6.42. The van der Waals surface area contributed by atoms with E-state index in [0.717, 1.165) is 6.54 Å². The van der Waals surface area contributed by atoms with Gasteiger partial charge in [-0.3, -0.25) is 0 Å². The highest BCUT2D eigenvalue weighted by atomic mass is 14.9. The standard InChI is InChI=1S/C15H23N/c1-4-16-11-15(7-8-15)10-14-6-5-12(2)13(3)9-14/h5-6,9,16H,4,7-8,10-11H2,1-3H3. The summed E-state index contributed by atoms with van der Waals surface area (Å²) in [6, 6.07) is 6.92. The Hall–Kier alpha value is -0.820. The van der Waals surface area contributed by atoms with Gasteiger partial charge in [-0.05, 0) is 61.8 Å². The Morgan fingerprint density at radius 3 is 2.50 bits per heavy atom. The molecule has 2 rings (SSSR count). The number of benzene rings is 1. The lowest BCUT2D eigenvalue weighted by Crippen LogP contribution is -2.25. The molecule has 1 aliphatic carbocycles. The number of hydrogen-bond acceptors (Lipinski definition) is 1. The van der Waals surface area contributed by atoms with E-state index in [0.29, 0.717) is 5.41 Å². The maximum atomic E-state index is 3.50. The van der Waals surface area contributed by atoms with Crippen molar-refractivity contribution in [3.63, 3.8) is 0 Å². The van der Waals surface area contributed by atoms with Gasteiger partial charge in [0.1, 0.15) is 0 Å². The molecule has 1 heteroatoms. The highest BCUT2D eigenvalue weighted by molar-refractivity contribution is 5.31. The zero-order valence-corrected chi connectivity index (χ0v) is 10.8. The molecule has 0 radical (unpaired) electrons. The fourth-order valence-electron chi connectivity index (χ4n) is 2.33. The molecule has 88 valence electrons. The van der Waals surface area contributed by atoms with Crippen LogP contribution in [0, 0.1) is 19.3 Å². The van der Waals surface area contributed by atoms with Gasteiger partial charge in [-0.15, -0.1) is 0 Å².